The van der Waals surface area contributed by atoms with E-state index in [1.54, 1.807) is 18.2 Å². The molecule has 0 heterocycles. The Kier molecular flexibility index (Phi) is 7.11. The van der Waals surface area contributed by atoms with E-state index >= 15 is 0 Å². The van der Waals surface area contributed by atoms with E-state index in [0.29, 0.717) is 22.3 Å². The van der Waals surface area contributed by atoms with Crippen LogP contribution in [0.15, 0.2) is 18.2 Å². The fourth-order valence-corrected chi connectivity index (χ4v) is 3.17. The number of aliphatic hydroxyl groups is 1. The highest BCUT2D eigenvalue weighted by atomic mass is 35.5. The summed E-state index contributed by atoms with van der Waals surface area (Å²) in [5, 5.41) is 14.2. The molecular formula is C16H23Cl2NO2. The van der Waals surface area contributed by atoms with Crippen molar-refractivity contribution in [2.75, 3.05) is 19.7 Å². The molecule has 2 N–H and O–H groups in total. The van der Waals surface area contributed by atoms with Crippen molar-refractivity contribution in [2.24, 2.45) is 5.92 Å². The standard InChI is InChI=1S/C16H23Cl2NO2/c17-13-5-6-16(15(18)9-13)21-11-14(20)10-19-8-7-12-3-1-2-4-12/h5-6,9,12,14,19-20H,1-4,7-8,10-11H2. The minimum Gasteiger partial charge on any atom is -0.489 e. The van der Waals surface area contributed by atoms with Gasteiger partial charge < -0.3 is 15.2 Å². The van der Waals surface area contributed by atoms with E-state index in [4.69, 9.17) is 27.9 Å². The minimum absolute atomic E-state index is 0.220. The maximum Gasteiger partial charge on any atom is 0.138 e. The van der Waals surface area contributed by atoms with Crippen molar-refractivity contribution in [3.05, 3.63) is 28.2 Å². The van der Waals surface area contributed by atoms with E-state index in [1.165, 1.54) is 32.1 Å². The maximum absolute atomic E-state index is 9.89. The fourth-order valence-electron chi connectivity index (χ4n) is 2.71. The third-order valence-corrected chi connectivity index (χ3v) is 4.44. The van der Waals surface area contributed by atoms with Gasteiger partial charge in [0.05, 0.1) is 5.02 Å². The molecule has 3 nitrogen and oxygen atoms in total. The average molecular weight is 332 g/mol. The number of hydrogen-bond acceptors (Lipinski definition) is 3. The van der Waals surface area contributed by atoms with Gasteiger partial charge in [0.2, 0.25) is 0 Å². The Labute approximate surface area is 136 Å². The van der Waals surface area contributed by atoms with Crippen LogP contribution in [0.2, 0.25) is 10.0 Å². The summed E-state index contributed by atoms with van der Waals surface area (Å²) >= 11 is 11.8. The highest BCUT2D eigenvalue weighted by Gasteiger charge is 2.14. The summed E-state index contributed by atoms with van der Waals surface area (Å²) in [6.07, 6.45) is 6.15. The van der Waals surface area contributed by atoms with Crippen LogP contribution in [0.4, 0.5) is 0 Å². The zero-order valence-corrected chi connectivity index (χ0v) is 13.7. The topological polar surface area (TPSA) is 41.5 Å². The molecule has 1 aliphatic rings. The number of rotatable bonds is 8. The highest BCUT2D eigenvalue weighted by Crippen LogP contribution is 2.28. The molecule has 0 amide bonds. The van der Waals surface area contributed by atoms with Crippen LogP contribution in [0.5, 0.6) is 5.75 Å². The number of hydrogen-bond donors (Lipinski definition) is 2. The molecule has 0 aliphatic heterocycles. The summed E-state index contributed by atoms with van der Waals surface area (Å²) in [5.74, 6) is 1.42. The lowest BCUT2D eigenvalue weighted by atomic mass is 10.0. The lowest BCUT2D eigenvalue weighted by molar-refractivity contribution is 0.106. The van der Waals surface area contributed by atoms with Crippen LogP contribution in [0.1, 0.15) is 32.1 Å². The number of aliphatic hydroxyl groups excluding tert-OH is 1. The molecule has 0 radical (unpaired) electrons. The Morgan fingerprint density at radius 1 is 1.29 bits per heavy atom. The first-order valence-corrected chi connectivity index (χ1v) is 8.37. The van der Waals surface area contributed by atoms with Crippen LogP contribution in [0, 0.1) is 5.92 Å². The Morgan fingerprint density at radius 2 is 2.05 bits per heavy atom. The number of halogens is 2. The normalized spacial score (nSPS) is 17.1. The number of nitrogens with one attached hydrogen (secondary N) is 1. The molecule has 0 aromatic heterocycles. The lowest BCUT2D eigenvalue weighted by Gasteiger charge is -2.15. The predicted molar refractivity (Wildman–Crippen MR) is 87.4 cm³/mol. The summed E-state index contributed by atoms with van der Waals surface area (Å²) in [4.78, 5) is 0. The highest BCUT2D eigenvalue weighted by molar-refractivity contribution is 6.35. The number of benzene rings is 1. The zero-order chi connectivity index (χ0) is 15.1. The second-order valence-corrected chi connectivity index (χ2v) is 6.53. The number of ether oxygens (including phenoxy) is 1. The molecule has 0 spiro atoms. The van der Waals surface area contributed by atoms with Gasteiger partial charge in [-0.05, 0) is 37.1 Å². The summed E-state index contributed by atoms with van der Waals surface area (Å²) in [6.45, 7) is 1.72. The monoisotopic (exact) mass is 331 g/mol. The van der Waals surface area contributed by atoms with Crippen molar-refractivity contribution in [3.8, 4) is 5.75 Å². The molecule has 118 valence electrons. The van der Waals surface area contributed by atoms with Gasteiger partial charge in [-0.15, -0.1) is 0 Å². The maximum atomic E-state index is 9.89. The summed E-state index contributed by atoms with van der Waals surface area (Å²) in [6, 6.07) is 5.06. The smallest absolute Gasteiger partial charge is 0.138 e. The van der Waals surface area contributed by atoms with Crippen molar-refractivity contribution in [1.82, 2.24) is 5.32 Å². The van der Waals surface area contributed by atoms with Crippen LogP contribution in [-0.4, -0.2) is 30.9 Å². The van der Waals surface area contributed by atoms with Crippen LogP contribution in [0.3, 0.4) is 0 Å². The van der Waals surface area contributed by atoms with Gasteiger partial charge in [-0.2, -0.15) is 0 Å². The Hall–Kier alpha value is -0.480. The molecule has 1 aromatic rings. The lowest BCUT2D eigenvalue weighted by Crippen LogP contribution is -2.32. The second kappa shape index (κ2) is 8.84. The Morgan fingerprint density at radius 3 is 2.76 bits per heavy atom. The van der Waals surface area contributed by atoms with Gasteiger partial charge in [0.1, 0.15) is 18.5 Å². The van der Waals surface area contributed by atoms with E-state index in [0.717, 1.165) is 12.5 Å². The minimum atomic E-state index is -0.541. The van der Waals surface area contributed by atoms with Gasteiger partial charge in [0.15, 0.2) is 0 Å². The van der Waals surface area contributed by atoms with Crippen molar-refractivity contribution in [2.45, 2.75) is 38.2 Å². The fraction of sp³-hybridized carbons (Fsp3) is 0.625. The van der Waals surface area contributed by atoms with Gasteiger partial charge in [0.25, 0.3) is 0 Å². The summed E-state index contributed by atoms with van der Waals surface area (Å²) in [5.41, 5.74) is 0. The molecule has 1 fully saturated rings. The van der Waals surface area contributed by atoms with Gasteiger partial charge in [0, 0.05) is 11.6 Å². The first kappa shape index (κ1) is 16.9. The van der Waals surface area contributed by atoms with Crippen molar-refractivity contribution < 1.29 is 9.84 Å². The van der Waals surface area contributed by atoms with Gasteiger partial charge >= 0.3 is 0 Å². The molecule has 0 saturated heterocycles. The van der Waals surface area contributed by atoms with Crippen LogP contribution in [0.25, 0.3) is 0 Å². The zero-order valence-electron chi connectivity index (χ0n) is 12.2. The van der Waals surface area contributed by atoms with Gasteiger partial charge in [-0.3, -0.25) is 0 Å². The largest absolute Gasteiger partial charge is 0.489 e. The average Bonchev–Trinajstić information content (AvgIpc) is 2.96. The first-order chi connectivity index (χ1) is 10.1. The Bertz CT molecular complexity index is 436. The summed E-state index contributed by atoms with van der Waals surface area (Å²) < 4.78 is 5.50. The molecular weight excluding hydrogens is 309 g/mol. The molecule has 0 bridgehead atoms. The third-order valence-electron chi connectivity index (χ3n) is 3.91. The Balaban J connectivity index is 1.59. The third kappa shape index (κ3) is 6.03. The van der Waals surface area contributed by atoms with Crippen molar-refractivity contribution >= 4 is 23.2 Å². The molecule has 1 atom stereocenters. The predicted octanol–water partition coefficient (Wildman–Crippen LogP) is 3.90. The second-order valence-electron chi connectivity index (χ2n) is 5.68. The van der Waals surface area contributed by atoms with Gasteiger partial charge in [-0.1, -0.05) is 48.9 Å². The van der Waals surface area contributed by atoms with E-state index in [2.05, 4.69) is 5.32 Å². The SMILES string of the molecule is OC(CNCCC1CCCC1)COc1ccc(Cl)cc1Cl. The van der Waals surface area contributed by atoms with Crippen molar-refractivity contribution in [1.29, 1.82) is 0 Å². The van der Waals surface area contributed by atoms with Gasteiger partial charge in [-0.25, -0.2) is 0 Å². The molecule has 2 rings (SSSR count). The quantitative estimate of drug-likeness (QED) is 0.710. The summed E-state index contributed by atoms with van der Waals surface area (Å²) in [7, 11) is 0. The van der Waals surface area contributed by atoms with Crippen molar-refractivity contribution in [3.63, 3.8) is 0 Å². The van der Waals surface area contributed by atoms with E-state index in [1.807, 2.05) is 0 Å². The molecule has 1 saturated carbocycles. The van der Waals surface area contributed by atoms with E-state index in [9.17, 15) is 5.11 Å². The molecule has 1 aliphatic carbocycles. The van der Waals surface area contributed by atoms with Crippen LogP contribution < -0.4 is 10.1 Å². The molecule has 1 aromatic carbocycles. The molecule has 5 heteroatoms. The first-order valence-electron chi connectivity index (χ1n) is 7.62. The molecule has 21 heavy (non-hydrogen) atoms. The van der Waals surface area contributed by atoms with Crippen LogP contribution in [-0.2, 0) is 0 Å². The van der Waals surface area contributed by atoms with E-state index in [-0.39, 0.29) is 6.61 Å². The van der Waals surface area contributed by atoms with E-state index < -0.39 is 6.10 Å². The van der Waals surface area contributed by atoms with Crippen LogP contribution >= 0.6 is 23.2 Å². The molecule has 1 unspecified atom stereocenters.